The number of carbonyl (C=O) groups is 2. The van der Waals surface area contributed by atoms with Crippen LogP contribution in [0.15, 0.2) is 0 Å². The van der Waals surface area contributed by atoms with E-state index in [2.05, 4.69) is 10.1 Å². The first-order valence-corrected chi connectivity index (χ1v) is 4.76. The Morgan fingerprint density at radius 2 is 1.86 bits per heavy atom. The van der Waals surface area contributed by atoms with Gasteiger partial charge in [0.05, 0.1) is 12.6 Å². The Morgan fingerprint density at radius 1 is 1.36 bits per heavy atom. The van der Waals surface area contributed by atoms with Crippen LogP contribution in [-0.2, 0) is 9.53 Å². The van der Waals surface area contributed by atoms with Gasteiger partial charge in [-0.3, -0.25) is 4.79 Å². The van der Waals surface area contributed by atoms with Crippen LogP contribution in [0.25, 0.3) is 0 Å². The van der Waals surface area contributed by atoms with Crippen LogP contribution >= 0.6 is 0 Å². The summed E-state index contributed by atoms with van der Waals surface area (Å²) >= 11 is 0. The molecule has 0 saturated carbocycles. The second-order valence-corrected chi connectivity index (χ2v) is 4.20. The van der Waals surface area contributed by atoms with Crippen molar-refractivity contribution in [2.75, 3.05) is 6.61 Å². The third-order valence-corrected chi connectivity index (χ3v) is 1.74. The predicted molar refractivity (Wildman–Crippen MR) is 54.1 cm³/mol. The highest BCUT2D eigenvalue weighted by Crippen LogP contribution is 2.16. The largest absolute Gasteiger partial charge is 0.450 e. The van der Waals surface area contributed by atoms with Crippen LogP contribution in [0.1, 0.15) is 34.6 Å². The normalized spacial score (nSPS) is 13.2. The van der Waals surface area contributed by atoms with Crippen LogP contribution in [0.2, 0.25) is 0 Å². The molecule has 0 aromatic carbocycles. The van der Waals surface area contributed by atoms with Crippen LogP contribution in [0.5, 0.6) is 0 Å². The van der Waals surface area contributed by atoms with Crippen molar-refractivity contribution >= 4 is 11.9 Å². The van der Waals surface area contributed by atoms with Gasteiger partial charge in [0.1, 0.15) is 0 Å². The number of nitrogens with one attached hydrogen (secondary N) is 1. The van der Waals surface area contributed by atoms with Crippen molar-refractivity contribution in [2.24, 2.45) is 5.41 Å². The van der Waals surface area contributed by atoms with Gasteiger partial charge in [-0.1, -0.05) is 20.8 Å². The zero-order valence-electron chi connectivity index (χ0n) is 9.51. The van der Waals surface area contributed by atoms with E-state index in [-0.39, 0.29) is 5.78 Å². The average Bonchev–Trinajstić information content (AvgIpc) is 2.01. The lowest BCUT2D eigenvalue weighted by Gasteiger charge is -2.22. The highest BCUT2D eigenvalue weighted by Gasteiger charge is 2.27. The molecule has 4 heteroatoms. The zero-order valence-corrected chi connectivity index (χ0v) is 9.51. The molecule has 1 unspecified atom stereocenters. The molecule has 0 aliphatic carbocycles. The molecule has 0 radical (unpaired) electrons. The second-order valence-electron chi connectivity index (χ2n) is 4.20. The number of ether oxygens (including phenoxy) is 1. The molecule has 0 aromatic heterocycles. The van der Waals surface area contributed by atoms with E-state index >= 15 is 0 Å². The number of alkyl carbamates (subject to hydrolysis) is 1. The van der Waals surface area contributed by atoms with E-state index in [1.54, 1.807) is 13.8 Å². The van der Waals surface area contributed by atoms with Crippen molar-refractivity contribution in [2.45, 2.75) is 40.7 Å². The number of amides is 1. The van der Waals surface area contributed by atoms with Crippen molar-refractivity contribution in [3.8, 4) is 0 Å². The second kappa shape index (κ2) is 4.98. The fourth-order valence-corrected chi connectivity index (χ4v) is 1.06. The Hall–Kier alpha value is -1.06. The summed E-state index contributed by atoms with van der Waals surface area (Å²) in [5.74, 6) is -0.00875. The Bertz CT molecular complexity index is 218. The lowest BCUT2D eigenvalue weighted by Crippen LogP contribution is -2.43. The van der Waals surface area contributed by atoms with Gasteiger partial charge in [-0.2, -0.15) is 0 Å². The van der Waals surface area contributed by atoms with Crippen LogP contribution in [0.4, 0.5) is 4.79 Å². The maximum Gasteiger partial charge on any atom is 0.407 e. The minimum atomic E-state index is -0.544. The first kappa shape index (κ1) is 12.9. The van der Waals surface area contributed by atoms with Gasteiger partial charge in [0.25, 0.3) is 0 Å². The first-order valence-electron chi connectivity index (χ1n) is 4.76. The van der Waals surface area contributed by atoms with Gasteiger partial charge in [0, 0.05) is 5.41 Å². The minimum absolute atomic E-state index is 0.00875. The molecule has 0 saturated heterocycles. The fourth-order valence-electron chi connectivity index (χ4n) is 1.06. The summed E-state index contributed by atoms with van der Waals surface area (Å²) < 4.78 is 4.67. The summed E-state index contributed by atoms with van der Waals surface area (Å²) in [5, 5.41) is 2.48. The van der Waals surface area contributed by atoms with E-state index in [1.807, 2.05) is 20.8 Å². The topological polar surface area (TPSA) is 55.4 Å². The molecule has 1 atom stereocenters. The molecular formula is C10H19NO3. The van der Waals surface area contributed by atoms with Gasteiger partial charge in [0.15, 0.2) is 5.78 Å². The van der Waals surface area contributed by atoms with Crippen LogP contribution in [-0.4, -0.2) is 24.5 Å². The van der Waals surface area contributed by atoms with E-state index in [1.165, 1.54) is 0 Å². The molecule has 0 aromatic rings. The third kappa shape index (κ3) is 4.25. The van der Waals surface area contributed by atoms with Crippen LogP contribution in [0, 0.1) is 5.41 Å². The van der Waals surface area contributed by atoms with Gasteiger partial charge in [0.2, 0.25) is 0 Å². The molecule has 1 amide bonds. The van der Waals surface area contributed by atoms with Crippen molar-refractivity contribution in [1.82, 2.24) is 5.32 Å². The molecule has 4 nitrogen and oxygen atoms in total. The average molecular weight is 201 g/mol. The van der Waals surface area contributed by atoms with Crippen molar-refractivity contribution in [1.29, 1.82) is 0 Å². The van der Waals surface area contributed by atoms with Crippen LogP contribution < -0.4 is 5.32 Å². The summed E-state index contributed by atoms with van der Waals surface area (Å²) in [4.78, 5) is 22.6. The molecule has 0 spiro atoms. The third-order valence-electron chi connectivity index (χ3n) is 1.74. The highest BCUT2D eigenvalue weighted by atomic mass is 16.5. The highest BCUT2D eigenvalue weighted by molar-refractivity contribution is 5.90. The monoisotopic (exact) mass is 201 g/mol. The van der Waals surface area contributed by atoms with Crippen molar-refractivity contribution < 1.29 is 14.3 Å². The summed E-state index contributed by atoms with van der Waals surface area (Å²) in [7, 11) is 0. The molecule has 0 aliphatic rings. The molecule has 0 heterocycles. The Morgan fingerprint density at radius 3 is 2.21 bits per heavy atom. The van der Waals surface area contributed by atoms with Crippen molar-refractivity contribution in [3.05, 3.63) is 0 Å². The molecule has 0 bridgehead atoms. The van der Waals surface area contributed by atoms with Gasteiger partial charge in [-0.05, 0) is 13.8 Å². The van der Waals surface area contributed by atoms with Crippen LogP contribution in [0.3, 0.4) is 0 Å². The number of hydrogen-bond acceptors (Lipinski definition) is 3. The maximum atomic E-state index is 11.6. The molecule has 14 heavy (non-hydrogen) atoms. The minimum Gasteiger partial charge on any atom is -0.450 e. The van der Waals surface area contributed by atoms with E-state index in [9.17, 15) is 9.59 Å². The fraction of sp³-hybridized carbons (Fsp3) is 0.800. The number of Topliss-reactive ketones (excluding diaryl/α,β-unsaturated/α-hetero) is 1. The smallest absolute Gasteiger partial charge is 0.407 e. The number of rotatable bonds is 3. The summed E-state index contributed by atoms with van der Waals surface area (Å²) in [5.41, 5.74) is -0.446. The van der Waals surface area contributed by atoms with E-state index in [0.29, 0.717) is 6.61 Å². The van der Waals surface area contributed by atoms with Crippen molar-refractivity contribution in [3.63, 3.8) is 0 Å². The lowest BCUT2D eigenvalue weighted by atomic mass is 9.87. The SMILES string of the molecule is CCOC(=O)NC(C)C(=O)C(C)(C)C. The molecular weight excluding hydrogens is 182 g/mol. The van der Waals surface area contributed by atoms with Gasteiger partial charge < -0.3 is 10.1 Å². The van der Waals surface area contributed by atoms with E-state index in [0.717, 1.165) is 0 Å². The number of hydrogen-bond donors (Lipinski definition) is 1. The number of carbonyl (C=O) groups excluding carboxylic acids is 2. The van der Waals surface area contributed by atoms with E-state index < -0.39 is 17.6 Å². The van der Waals surface area contributed by atoms with E-state index in [4.69, 9.17) is 0 Å². The molecule has 0 rings (SSSR count). The Labute approximate surface area is 85.0 Å². The molecule has 0 fully saturated rings. The van der Waals surface area contributed by atoms with Gasteiger partial charge >= 0.3 is 6.09 Å². The number of ketones is 1. The maximum absolute atomic E-state index is 11.6. The Balaban J connectivity index is 4.15. The standard InChI is InChI=1S/C10H19NO3/c1-6-14-9(13)11-7(2)8(12)10(3,4)5/h7H,6H2,1-5H3,(H,11,13). The molecule has 1 N–H and O–H groups in total. The summed E-state index contributed by atoms with van der Waals surface area (Å²) in [6, 6.07) is -0.506. The quantitative estimate of drug-likeness (QED) is 0.756. The Kier molecular flexibility index (Phi) is 4.60. The summed E-state index contributed by atoms with van der Waals surface area (Å²) in [6.07, 6.45) is -0.544. The van der Waals surface area contributed by atoms with Gasteiger partial charge in [-0.15, -0.1) is 0 Å². The summed E-state index contributed by atoms with van der Waals surface area (Å²) in [6.45, 7) is 9.14. The predicted octanol–water partition coefficient (Wildman–Crippen LogP) is 1.74. The lowest BCUT2D eigenvalue weighted by molar-refractivity contribution is -0.127. The molecule has 82 valence electrons. The first-order chi connectivity index (χ1) is 6.29. The molecule has 0 aliphatic heterocycles. The zero-order chi connectivity index (χ0) is 11.4. The van der Waals surface area contributed by atoms with Gasteiger partial charge in [-0.25, -0.2) is 4.79 Å².